The molecular weight excluding hydrogens is 268 g/mol. The minimum atomic E-state index is -3.82. The highest BCUT2D eigenvalue weighted by Gasteiger charge is 2.21. The predicted molar refractivity (Wildman–Crippen MR) is 72.5 cm³/mol. The van der Waals surface area contributed by atoms with E-state index in [2.05, 4.69) is 4.72 Å². The molecule has 0 aliphatic rings. The number of hydrogen-bond donors (Lipinski definition) is 3. The Morgan fingerprint density at radius 2 is 2.05 bits per heavy atom. The fourth-order valence-corrected chi connectivity index (χ4v) is 2.86. The first-order valence-electron chi connectivity index (χ1n) is 6.01. The minimum absolute atomic E-state index is 0.210. The second kappa shape index (κ2) is 6.53. The van der Waals surface area contributed by atoms with Gasteiger partial charge in [-0.3, -0.25) is 0 Å². The molecule has 19 heavy (non-hydrogen) atoms. The molecule has 0 unspecified atom stereocenters. The van der Waals surface area contributed by atoms with Gasteiger partial charge in [-0.2, -0.15) is 0 Å². The largest absolute Gasteiger partial charge is 0.478 e. The molecule has 0 radical (unpaired) electrons. The van der Waals surface area contributed by atoms with Gasteiger partial charge in [0.25, 0.3) is 0 Å². The van der Waals surface area contributed by atoms with Gasteiger partial charge >= 0.3 is 5.97 Å². The monoisotopic (exact) mass is 286 g/mol. The second-order valence-corrected chi connectivity index (χ2v) is 5.90. The lowest BCUT2D eigenvalue weighted by Crippen LogP contribution is -2.26. The number of carboxylic acid groups (broad SMARTS) is 1. The summed E-state index contributed by atoms with van der Waals surface area (Å²) in [5, 5.41) is 9.02. The van der Waals surface area contributed by atoms with Crippen molar-refractivity contribution in [3.8, 4) is 0 Å². The standard InChI is InChI=1S/C12H18N2O4S/c1-2-3-4-7-14-19(17,18)11-6-5-9(13)8-10(11)12(15)16/h5-6,8,14H,2-4,7,13H2,1H3,(H,15,16). The van der Waals surface area contributed by atoms with E-state index in [9.17, 15) is 13.2 Å². The summed E-state index contributed by atoms with van der Waals surface area (Å²) in [6.45, 7) is 2.30. The molecule has 0 spiro atoms. The number of unbranched alkanes of at least 4 members (excludes halogenated alkanes) is 2. The number of hydrogen-bond acceptors (Lipinski definition) is 4. The third-order valence-corrected chi connectivity index (χ3v) is 4.12. The summed E-state index contributed by atoms with van der Waals surface area (Å²) in [6.07, 6.45) is 2.60. The fraction of sp³-hybridized carbons (Fsp3) is 0.417. The summed E-state index contributed by atoms with van der Waals surface area (Å²) in [5.41, 5.74) is 5.36. The van der Waals surface area contributed by atoms with Crippen molar-refractivity contribution >= 4 is 21.7 Å². The van der Waals surface area contributed by atoms with E-state index in [0.717, 1.165) is 18.9 Å². The van der Waals surface area contributed by atoms with E-state index < -0.39 is 16.0 Å². The van der Waals surface area contributed by atoms with Crippen molar-refractivity contribution in [2.45, 2.75) is 31.1 Å². The zero-order valence-electron chi connectivity index (χ0n) is 10.7. The van der Waals surface area contributed by atoms with Crippen LogP contribution in [0.15, 0.2) is 23.1 Å². The van der Waals surface area contributed by atoms with E-state index >= 15 is 0 Å². The van der Waals surface area contributed by atoms with Crippen LogP contribution in [0.4, 0.5) is 5.69 Å². The topological polar surface area (TPSA) is 109 Å². The molecule has 7 heteroatoms. The number of nitrogens with two attached hydrogens (primary N) is 1. The minimum Gasteiger partial charge on any atom is -0.478 e. The highest BCUT2D eigenvalue weighted by molar-refractivity contribution is 7.89. The second-order valence-electron chi connectivity index (χ2n) is 4.17. The van der Waals surface area contributed by atoms with Crippen LogP contribution >= 0.6 is 0 Å². The first-order valence-corrected chi connectivity index (χ1v) is 7.49. The number of benzene rings is 1. The normalized spacial score (nSPS) is 11.4. The molecular formula is C12H18N2O4S. The smallest absolute Gasteiger partial charge is 0.337 e. The SMILES string of the molecule is CCCCCNS(=O)(=O)c1ccc(N)cc1C(=O)O. The first kappa shape index (κ1) is 15.5. The van der Waals surface area contributed by atoms with Crippen LogP contribution in [-0.4, -0.2) is 26.0 Å². The Morgan fingerprint density at radius 3 is 2.63 bits per heavy atom. The van der Waals surface area contributed by atoms with Gasteiger partial charge in [0, 0.05) is 12.2 Å². The van der Waals surface area contributed by atoms with Crippen LogP contribution in [0.5, 0.6) is 0 Å². The van der Waals surface area contributed by atoms with Crippen molar-refractivity contribution in [2.75, 3.05) is 12.3 Å². The molecule has 0 bridgehead atoms. The van der Waals surface area contributed by atoms with Crippen LogP contribution in [-0.2, 0) is 10.0 Å². The summed E-state index contributed by atoms with van der Waals surface area (Å²) in [5.74, 6) is -1.32. The average molecular weight is 286 g/mol. The molecule has 0 fully saturated rings. The predicted octanol–water partition coefficient (Wildman–Crippen LogP) is 1.44. The van der Waals surface area contributed by atoms with E-state index in [1.54, 1.807) is 0 Å². The molecule has 1 rings (SSSR count). The van der Waals surface area contributed by atoms with Crippen molar-refractivity contribution in [3.63, 3.8) is 0 Å². The molecule has 0 saturated carbocycles. The molecule has 0 amide bonds. The number of carbonyl (C=O) groups is 1. The number of carboxylic acids is 1. The molecule has 4 N–H and O–H groups in total. The van der Waals surface area contributed by atoms with Crippen molar-refractivity contribution in [3.05, 3.63) is 23.8 Å². The van der Waals surface area contributed by atoms with E-state index in [1.165, 1.54) is 12.1 Å². The Kier molecular flexibility index (Phi) is 5.31. The highest BCUT2D eigenvalue weighted by atomic mass is 32.2. The van der Waals surface area contributed by atoms with Gasteiger partial charge in [0.15, 0.2) is 0 Å². The Labute approximate surface area is 112 Å². The Balaban J connectivity index is 2.98. The van der Waals surface area contributed by atoms with Crippen molar-refractivity contribution in [2.24, 2.45) is 0 Å². The zero-order chi connectivity index (χ0) is 14.5. The number of nitrogens with one attached hydrogen (secondary N) is 1. The van der Waals surface area contributed by atoms with Crippen molar-refractivity contribution in [1.82, 2.24) is 4.72 Å². The molecule has 0 heterocycles. The lowest BCUT2D eigenvalue weighted by Gasteiger charge is -2.09. The van der Waals surface area contributed by atoms with Crippen LogP contribution in [0.2, 0.25) is 0 Å². The third-order valence-electron chi connectivity index (χ3n) is 2.60. The molecule has 1 aromatic carbocycles. The van der Waals surface area contributed by atoms with E-state index in [-0.39, 0.29) is 16.1 Å². The molecule has 106 valence electrons. The van der Waals surface area contributed by atoms with Gasteiger partial charge in [0.2, 0.25) is 10.0 Å². The van der Waals surface area contributed by atoms with E-state index in [0.29, 0.717) is 13.0 Å². The Hall–Kier alpha value is -1.60. The van der Waals surface area contributed by atoms with E-state index in [4.69, 9.17) is 10.8 Å². The van der Waals surface area contributed by atoms with Crippen LogP contribution in [0.1, 0.15) is 36.5 Å². The maximum atomic E-state index is 12.0. The van der Waals surface area contributed by atoms with Gasteiger partial charge in [-0.05, 0) is 24.6 Å². The maximum absolute atomic E-state index is 12.0. The maximum Gasteiger partial charge on any atom is 0.337 e. The van der Waals surface area contributed by atoms with Gasteiger partial charge in [0.1, 0.15) is 0 Å². The Bertz CT molecular complexity index is 555. The molecule has 0 atom stereocenters. The number of anilines is 1. The number of aromatic carboxylic acids is 1. The molecule has 0 aromatic heterocycles. The molecule has 1 aromatic rings. The van der Waals surface area contributed by atoms with Crippen LogP contribution in [0, 0.1) is 0 Å². The van der Waals surface area contributed by atoms with Gasteiger partial charge in [-0.25, -0.2) is 17.9 Å². The summed E-state index contributed by atoms with van der Waals surface area (Å²) in [7, 11) is -3.82. The average Bonchev–Trinajstić information content (AvgIpc) is 2.34. The fourth-order valence-electron chi connectivity index (χ4n) is 1.61. The van der Waals surface area contributed by atoms with Crippen LogP contribution in [0.25, 0.3) is 0 Å². The summed E-state index contributed by atoms with van der Waals surface area (Å²) >= 11 is 0. The highest BCUT2D eigenvalue weighted by Crippen LogP contribution is 2.18. The molecule has 0 aliphatic heterocycles. The third kappa shape index (κ3) is 4.22. The van der Waals surface area contributed by atoms with Crippen molar-refractivity contribution < 1.29 is 18.3 Å². The number of rotatable bonds is 7. The van der Waals surface area contributed by atoms with Crippen molar-refractivity contribution in [1.29, 1.82) is 0 Å². The van der Waals surface area contributed by atoms with Crippen LogP contribution in [0.3, 0.4) is 0 Å². The quantitative estimate of drug-likeness (QED) is 0.519. The van der Waals surface area contributed by atoms with Gasteiger partial charge in [-0.15, -0.1) is 0 Å². The molecule has 0 saturated heterocycles. The molecule has 0 aliphatic carbocycles. The zero-order valence-corrected chi connectivity index (χ0v) is 11.5. The summed E-state index contributed by atoms with van der Waals surface area (Å²) in [4.78, 5) is 10.8. The summed E-state index contributed by atoms with van der Waals surface area (Å²) in [6, 6.07) is 3.72. The lowest BCUT2D eigenvalue weighted by atomic mass is 10.2. The Morgan fingerprint density at radius 1 is 1.37 bits per heavy atom. The lowest BCUT2D eigenvalue weighted by molar-refractivity contribution is 0.0692. The first-order chi connectivity index (χ1) is 8.88. The molecule has 6 nitrogen and oxygen atoms in total. The van der Waals surface area contributed by atoms with Gasteiger partial charge in [0.05, 0.1) is 10.5 Å². The number of sulfonamides is 1. The van der Waals surface area contributed by atoms with Crippen LogP contribution < -0.4 is 10.5 Å². The van der Waals surface area contributed by atoms with Gasteiger partial charge < -0.3 is 10.8 Å². The summed E-state index contributed by atoms with van der Waals surface area (Å²) < 4.78 is 26.4. The van der Waals surface area contributed by atoms with E-state index in [1.807, 2.05) is 6.92 Å². The number of nitrogen functional groups attached to an aromatic ring is 1. The van der Waals surface area contributed by atoms with Gasteiger partial charge in [-0.1, -0.05) is 19.8 Å².